The summed E-state index contributed by atoms with van der Waals surface area (Å²) < 4.78 is 0. The fraction of sp³-hybridized carbons (Fsp3) is 0.571. The van der Waals surface area contributed by atoms with Gasteiger partial charge in [0.2, 0.25) is 0 Å². The van der Waals surface area contributed by atoms with Crippen LogP contribution >= 0.6 is 11.8 Å². The molecule has 0 aliphatic carbocycles. The van der Waals surface area contributed by atoms with Gasteiger partial charge in [-0.15, -0.1) is 11.8 Å². The number of allylic oxidation sites excluding steroid dienone is 1. The zero-order chi connectivity index (χ0) is 7.11. The zero-order valence-electron chi connectivity index (χ0n) is 6.05. The predicted molar refractivity (Wildman–Crippen MR) is 46.1 cm³/mol. The molecule has 0 aromatic carbocycles. The highest BCUT2D eigenvalue weighted by Gasteiger charge is 1.89. The van der Waals surface area contributed by atoms with Crippen LogP contribution in [-0.4, -0.2) is 12.5 Å². The van der Waals surface area contributed by atoms with Crippen LogP contribution in [-0.2, 0) is 0 Å². The SMILES string of the molecule is C=N/C=C(/CC)SCC. The van der Waals surface area contributed by atoms with Gasteiger partial charge in [0.05, 0.1) is 0 Å². The maximum absolute atomic E-state index is 3.69. The zero-order valence-corrected chi connectivity index (χ0v) is 6.87. The quantitative estimate of drug-likeness (QED) is 0.551. The van der Waals surface area contributed by atoms with E-state index in [1.54, 1.807) is 0 Å². The summed E-state index contributed by atoms with van der Waals surface area (Å²) in [4.78, 5) is 5.01. The van der Waals surface area contributed by atoms with E-state index in [0.29, 0.717) is 0 Å². The Morgan fingerprint density at radius 3 is 2.67 bits per heavy atom. The third-order valence-corrected chi connectivity index (χ3v) is 1.97. The van der Waals surface area contributed by atoms with Crippen molar-refractivity contribution in [2.45, 2.75) is 20.3 Å². The Bertz CT molecular complexity index is 107. The lowest BCUT2D eigenvalue weighted by Gasteiger charge is -1.96. The maximum atomic E-state index is 3.69. The van der Waals surface area contributed by atoms with E-state index in [-0.39, 0.29) is 0 Å². The van der Waals surface area contributed by atoms with Crippen LogP contribution in [0.4, 0.5) is 0 Å². The number of nitrogens with zero attached hydrogens (tertiary/aromatic N) is 1. The molecule has 0 amide bonds. The van der Waals surface area contributed by atoms with Crippen molar-refractivity contribution in [1.82, 2.24) is 0 Å². The molecule has 9 heavy (non-hydrogen) atoms. The Labute approximate surface area is 61.3 Å². The predicted octanol–water partition coefficient (Wildman–Crippen LogP) is 2.69. The van der Waals surface area contributed by atoms with Crippen LogP contribution < -0.4 is 0 Å². The highest BCUT2D eigenvalue weighted by atomic mass is 32.2. The second-order valence-corrected chi connectivity index (χ2v) is 2.95. The summed E-state index contributed by atoms with van der Waals surface area (Å²) in [6.07, 6.45) is 2.89. The van der Waals surface area contributed by atoms with E-state index in [4.69, 9.17) is 0 Å². The van der Waals surface area contributed by atoms with E-state index in [2.05, 4.69) is 25.6 Å². The molecule has 0 heterocycles. The number of hydrogen-bond donors (Lipinski definition) is 0. The van der Waals surface area contributed by atoms with Gasteiger partial charge in [0.25, 0.3) is 0 Å². The van der Waals surface area contributed by atoms with E-state index in [1.807, 2.05) is 18.0 Å². The van der Waals surface area contributed by atoms with Crippen molar-refractivity contribution in [3.8, 4) is 0 Å². The van der Waals surface area contributed by atoms with Gasteiger partial charge in [0.15, 0.2) is 0 Å². The molecule has 0 N–H and O–H groups in total. The summed E-state index contributed by atoms with van der Waals surface area (Å²) in [5.41, 5.74) is 0. The van der Waals surface area contributed by atoms with Crippen LogP contribution in [0.3, 0.4) is 0 Å². The smallest absolute Gasteiger partial charge is 0.0355 e. The van der Waals surface area contributed by atoms with Crippen molar-refractivity contribution in [1.29, 1.82) is 0 Å². The second-order valence-electron chi connectivity index (χ2n) is 1.56. The lowest BCUT2D eigenvalue weighted by molar-refractivity contribution is 1.19. The molecule has 0 aromatic rings. The minimum absolute atomic E-state index is 1.07. The summed E-state index contributed by atoms with van der Waals surface area (Å²) in [6.45, 7) is 7.65. The Morgan fingerprint density at radius 1 is 1.67 bits per heavy atom. The monoisotopic (exact) mass is 143 g/mol. The summed E-state index contributed by atoms with van der Waals surface area (Å²) in [7, 11) is 0. The van der Waals surface area contributed by atoms with Gasteiger partial charge in [0, 0.05) is 11.1 Å². The van der Waals surface area contributed by atoms with Gasteiger partial charge in [-0.2, -0.15) is 0 Å². The average Bonchev–Trinajstić information content (AvgIpc) is 1.88. The molecule has 0 unspecified atom stereocenters. The van der Waals surface area contributed by atoms with Gasteiger partial charge < -0.3 is 0 Å². The minimum atomic E-state index is 1.07. The van der Waals surface area contributed by atoms with Gasteiger partial charge in [-0.05, 0) is 18.9 Å². The lowest BCUT2D eigenvalue weighted by atomic mass is 10.5. The number of hydrogen-bond acceptors (Lipinski definition) is 2. The van der Waals surface area contributed by atoms with Gasteiger partial charge in [-0.3, -0.25) is 4.99 Å². The van der Waals surface area contributed by atoms with E-state index >= 15 is 0 Å². The Morgan fingerprint density at radius 2 is 2.33 bits per heavy atom. The van der Waals surface area contributed by atoms with Crippen LogP contribution in [0, 0.1) is 0 Å². The van der Waals surface area contributed by atoms with Crippen molar-refractivity contribution in [3.63, 3.8) is 0 Å². The highest BCUT2D eigenvalue weighted by Crippen LogP contribution is 2.17. The van der Waals surface area contributed by atoms with E-state index < -0.39 is 0 Å². The Balaban J connectivity index is 3.66. The molecular weight excluding hydrogens is 130 g/mol. The van der Waals surface area contributed by atoms with Gasteiger partial charge >= 0.3 is 0 Å². The highest BCUT2D eigenvalue weighted by molar-refractivity contribution is 8.03. The van der Waals surface area contributed by atoms with Crippen molar-refractivity contribution >= 4 is 18.5 Å². The third-order valence-electron chi connectivity index (χ3n) is 0.913. The first-order valence-electron chi connectivity index (χ1n) is 3.12. The van der Waals surface area contributed by atoms with Crippen molar-refractivity contribution in [3.05, 3.63) is 11.1 Å². The Kier molecular flexibility index (Phi) is 5.73. The first-order valence-corrected chi connectivity index (χ1v) is 4.11. The largest absolute Gasteiger partial charge is 0.272 e. The molecule has 0 radical (unpaired) electrons. The Hall–Kier alpha value is -0.240. The minimum Gasteiger partial charge on any atom is -0.272 e. The average molecular weight is 143 g/mol. The van der Waals surface area contributed by atoms with Crippen molar-refractivity contribution in [2.24, 2.45) is 4.99 Å². The van der Waals surface area contributed by atoms with Crippen molar-refractivity contribution in [2.75, 3.05) is 5.75 Å². The van der Waals surface area contributed by atoms with Crippen LogP contribution in [0.25, 0.3) is 0 Å². The number of rotatable bonds is 4. The molecule has 0 aliphatic rings. The molecule has 0 saturated carbocycles. The van der Waals surface area contributed by atoms with Crippen LogP contribution in [0.15, 0.2) is 16.1 Å². The molecule has 0 rings (SSSR count). The first-order chi connectivity index (χ1) is 4.35. The molecule has 0 aromatic heterocycles. The molecule has 0 atom stereocenters. The van der Waals surface area contributed by atoms with E-state index in [0.717, 1.165) is 12.2 Å². The molecule has 1 nitrogen and oxygen atoms in total. The summed E-state index contributed by atoms with van der Waals surface area (Å²) in [6, 6.07) is 0. The molecule has 0 bridgehead atoms. The second kappa shape index (κ2) is 5.89. The summed E-state index contributed by atoms with van der Waals surface area (Å²) in [5, 5.41) is 0. The van der Waals surface area contributed by atoms with E-state index in [9.17, 15) is 0 Å². The summed E-state index contributed by atoms with van der Waals surface area (Å²) >= 11 is 1.83. The molecule has 0 aliphatic heterocycles. The van der Waals surface area contributed by atoms with Crippen LogP contribution in [0.5, 0.6) is 0 Å². The standard InChI is InChI=1S/C7H13NS/c1-4-7(6-8-3)9-5-2/h6H,3-5H2,1-2H3/b7-6-. The number of aliphatic imine (C=N–C) groups is 1. The van der Waals surface area contributed by atoms with Gasteiger partial charge in [-0.1, -0.05) is 13.8 Å². The van der Waals surface area contributed by atoms with E-state index in [1.165, 1.54) is 4.91 Å². The fourth-order valence-corrected chi connectivity index (χ4v) is 1.24. The third kappa shape index (κ3) is 4.28. The van der Waals surface area contributed by atoms with Gasteiger partial charge in [-0.25, -0.2) is 0 Å². The fourth-order valence-electron chi connectivity index (χ4n) is 0.518. The molecule has 52 valence electrons. The van der Waals surface area contributed by atoms with Crippen molar-refractivity contribution < 1.29 is 0 Å². The molecule has 2 heteroatoms. The number of thioether (sulfide) groups is 1. The van der Waals surface area contributed by atoms with Crippen LogP contribution in [0.1, 0.15) is 20.3 Å². The normalized spacial score (nSPS) is 11.6. The molecular formula is C7H13NS. The maximum Gasteiger partial charge on any atom is 0.0355 e. The summed E-state index contributed by atoms with van der Waals surface area (Å²) in [5.74, 6) is 1.12. The molecule has 0 fully saturated rings. The molecule has 0 saturated heterocycles. The topological polar surface area (TPSA) is 12.4 Å². The first kappa shape index (κ1) is 8.76. The lowest BCUT2D eigenvalue weighted by Crippen LogP contribution is -1.73. The van der Waals surface area contributed by atoms with Gasteiger partial charge in [0.1, 0.15) is 0 Å². The van der Waals surface area contributed by atoms with Crippen LogP contribution in [0.2, 0.25) is 0 Å². The molecule has 0 spiro atoms.